The first-order chi connectivity index (χ1) is 10.3. The number of nitrogens with zero attached hydrogens (tertiary/aromatic N) is 4. The predicted octanol–water partition coefficient (Wildman–Crippen LogP) is -0.144. The summed E-state index contributed by atoms with van der Waals surface area (Å²) in [5.74, 6) is 1.29. The number of amides is 1. The number of carbonyl (C=O) groups is 1. The van der Waals surface area contributed by atoms with Crippen LogP contribution in [0.2, 0.25) is 0 Å². The molecule has 1 amide bonds. The van der Waals surface area contributed by atoms with Crippen molar-refractivity contribution in [2.45, 2.75) is 0 Å². The Morgan fingerprint density at radius 2 is 2.38 bits per heavy atom. The minimum absolute atomic E-state index is 0.0753. The largest absolute Gasteiger partial charge is 0.395 e. The molecule has 0 saturated heterocycles. The minimum Gasteiger partial charge on any atom is -0.395 e. The smallest absolute Gasteiger partial charge is 0.259 e. The molecular formula is C12H14N6O2S. The van der Waals surface area contributed by atoms with Gasteiger partial charge in [-0.3, -0.25) is 4.79 Å². The summed E-state index contributed by atoms with van der Waals surface area (Å²) in [5, 5.41) is 11.4. The van der Waals surface area contributed by atoms with Crippen molar-refractivity contribution in [2.75, 3.05) is 30.3 Å². The quantitative estimate of drug-likeness (QED) is 0.721. The molecule has 0 aliphatic carbocycles. The van der Waals surface area contributed by atoms with Gasteiger partial charge in [-0.15, -0.1) is 11.8 Å². The first-order valence-corrected chi connectivity index (χ1v) is 7.42. The summed E-state index contributed by atoms with van der Waals surface area (Å²) in [7, 11) is 0. The van der Waals surface area contributed by atoms with Gasteiger partial charge in [0.05, 0.1) is 17.8 Å². The van der Waals surface area contributed by atoms with E-state index < -0.39 is 0 Å². The predicted molar refractivity (Wildman–Crippen MR) is 79.7 cm³/mol. The number of imidazole rings is 1. The zero-order valence-corrected chi connectivity index (χ0v) is 11.9. The van der Waals surface area contributed by atoms with Crippen molar-refractivity contribution in [3.05, 3.63) is 23.8 Å². The first kappa shape index (κ1) is 13.8. The van der Waals surface area contributed by atoms with Gasteiger partial charge in [-0.05, 0) is 0 Å². The average molecular weight is 306 g/mol. The number of fused-ring (bicyclic) bond motifs is 1. The molecule has 3 rings (SSSR count). The highest BCUT2D eigenvalue weighted by Crippen LogP contribution is 2.27. The molecule has 3 heterocycles. The third-order valence-electron chi connectivity index (χ3n) is 2.96. The van der Waals surface area contributed by atoms with Gasteiger partial charge < -0.3 is 20.3 Å². The molecule has 2 aromatic rings. The van der Waals surface area contributed by atoms with E-state index in [2.05, 4.69) is 25.3 Å². The summed E-state index contributed by atoms with van der Waals surface area (Å²) >= 11 is 1.48. The van der Waals surface area contributed by atoms with Crippen LogP contribution in [0, 0.1) is 0 Å². The van der Waals surface area contributed by atoms with Crippen LogP contribution >= 0.6 is 11.8 Å². The number of thioether (sulfide) groups is 1. The molecule has 0 atom stereocenters. The number of aromatic nitrogens is 4. The Hall–Kier alpha value is -2.13. The van der Waals surface area contributed by atoms with E-state index in [1.807, 2.05) is 4.90 Å². The number of carbonyl (C=O) groups excluding carboxylic acids is 1. The highest BCUT2D eigenvalue weighted by Gasteiger charge is 2.20. The van der Waals surface area contributed by atoms with E-state index in [1.165, 1.54) is 18.1 Å². The highest BCUT2D eigenvalue weighted by atomic mass is 32.2. The Balaban J connectivity index is 1.88. The number of rotatable bonds is 4. The van der Waals surface area contributed by atoms with E-state index >= 15 is 0 Å². The first-order valence-electron chi connectivity index (χ1n) is 6.44. The Morgan fingerprint density at radius 1 is 1.48 bits per heavy atom. The molecule has 110 valence electrons. The minimum atomic E-state index is -0.186. The van der Waals surface area contributed by atoms with Crippen LogP contribution in [0.5, 0.6) is 0 Å². The monoisotopic (exact) mass is 306 g/mol. The van der Waals surface area contributed by atoms with Crippen molar-refractivity contribution in [1.82, 2.24) is 25.3 Å². The number of aliphatic hydroxyl groups excluding tert-OH is 1. The highest BCUT2D eigenvalue weighted by molar-refractivity contribution is 8.04. The van der Waals surface area contributed by atoms with Crippen molar-refractivity contribution < 1.29 is 9.90 Å². The number of aliphatic hydroxyl groups is 1. The van der Waals surface area contributed by atoms with Crippen LogP contribution in [-0.4, -0.2) is 56.4 Å². The molecule has 0 spiro atoms. The van der Waals surface area contributed by atoms with Crippen molar-refractivity contribution in [2.24, 2.45) is 0 Å². The van der Waals surface area contributed by atoms with E-state index in [0.29, 0.717) is 16.4 Å². The maximum Gasteiger partial charge on any atom is 0.259 e. The SMILES string of the molecule is O=C(NCCO)C1=CN(c2ncnc3nc[nH]c23)CCS1. The molecule has 1 aliphatic rings. The van der Waals surface area contributed by atoms with Crippen LogP contribution in [0.15, 0.2) is 23.8 Å². The molecule has 0 unspecified atom stereocenters. The molecule has 8 nitrogen and oxygen atoms in total. The van der Waals surface area contributed by atoms with Crippen LogP contribution in [0.1, 0.15) is 0 Å². The van der Waals surface area contributed by atoms with Crippen LogP contribution in [0.3, 0.4) is 0 Å². The Kier molecular flexibility index (Phi) is 4.02. The molecule has 0 saturated carbocycles. The zero-order chi connectivity index (χ0) is 14.7. The topological polar surface area (TPSA) is 107 Å². The van der Waals surface area contributed by atoms with Gasteiger partial charge in [0.2, 0.25) is 0 Å². The van der Waals surface area contributed by atoms with Crippen molar-refractivity contribution in [1.29, 1.82) is 0 Å². The Labute approximate surface area is 124 Å². The fourth-order valence-corrected chi connectivity index (χ4v) is 2.93. The molecule has 9 heteroatoms. The number of anilines is 1. The van der Waals surface area contributed by atoms with E-state index in [9.17, 15) is 4.79 Å². The summed E-state index contributed by atoms with van der Waals surface area (Å²) in [6, 6.07) is 0. The van der Waals surface area contributed by atoms with E-state index in [-0.39, 0.29) is 19.1 Å². The molecule has 0 bridgehead atoms. The molecule has 0 aromatic carbocycles. The summed E-state index contributed by atoms with van der Waals surface area (Å²) < 4.78 is 0. The number of aromatic amines is 1. The normalized spacial score (nSPS) is 15.1. The summed E-state index contributed by atoms with van der Waals surface area (Å²) in [5.41, 5.74) is 1.34. The van der Waals surface area contributed by atoms with E-state index in [0.717, 1.165) is 17.8 Å². The van der Waals surface area contributed by atoms with Gasteiger partial charge in [0.25, 0.3) is 5.91 Å². The second-order valence-corrected chi connectivity index (χ2v) is 5.45. The summed E-state index contributed by atoms with van der Waals surface area (Å²) in [6.45, 7) is 0.912. The van der Waals surface area contributed by atoms with Crippen LogP contribution in [0.4, 0.5) is 5.82 Å². The molecule has 21 heavy (non-hydrogen) atoms. The maximum absolute atomic E-state index is 12.0. The van der Waals surface area contributed by atoms with Crippen LogP contribution in [0.25, 0.3) is 11.2 Å². The van der Waals surface area contributed by atoms with Crippen molar-refractivity contribution in [3.8, 4) is 0 Å². The third kappa shape index (κ3) is 2.83. The molecule has 2 aromatic heterocycles. The van der Waals surface area contributed by atoms with E-state index in [4.69, 9.17) is 5.11 Å². The Bertz CT molecular complexity index is 685. The van der Waals surface area contributed by atoms with Gasteiger partial charge in [-0.2, -0.15) is 0 Å². The van der Waals surface area contributed by atoms with Crippen molar-refractivity contribution in [3.63, 3.8) is 0 Å². The zero-order valence-electron chi connectivity index (χ0n) is 11.1. The standard InChI is InChI=1S/C12H14N6O2S/c19-3-1-13-12(20)8-5-18(2-4-21-8)11-9-10(15-6-14-9)16-7-17-11/h5-7,19H,1-4H2,(H,13,20)(H,14,15,16,17). The summed E-state index contributed by atoms with van der Waals surface area (Å²) in [4.78, 5) is 29.9. The fourth-order valence-electron chi connectivity index (χ4n) is 2.02. The van der Waals surface area contributed by atoms with Gasteiger partial charge in [0, 0.05) is 25.0 Å². The molecule has 0 radical (unpaired) electrons. The molecule has 1 aliphatic heterocycles. The lowest BCUT2D eigenvalue weighted by Crippen LogP contribution is -2.32. The number of nitrogens with one attached hydrogen (secondary N) is 2. The molecular weight excluding hydrogens is 292 g/mol. The molecule has 0 fully saturated rings. The average Bonchev–Trinajstić information content (AvgIpc) is 3.01. The summed E-state index contributed by atoms with van der Waals surface area (Å²) in [6.07, 6.45) is 4.79. The van der Waals surface area contributed by atoms with E-state index in [1.54, 1.807) is 12.5 Å². The van der Waals surface area contributed by atoms with Crippen molar-refractivity contribution >= 4 is 34.7 Å². The number of H-pyrrole nitrogens is 1. The van der Waals surface area contributed by atoms with Gasteiger partial charge in [0.15, 0.2) is 11.5 Å². The van der Waals surface area contributed by atoms with Gasteiger partial charge >= 0.3 is 0 Å². The number of hydrogen-bond acceptors (Lipinski definition) is 7. The second-order valence-electron chi connectivity index (χ2n) is 4.31. The van der Waals surface area contributed by atoms with Gasteiger partial charge in [0.1, 0.15) is 11.8 Å². The Morgan fingerprint density at radius 3 is 3.24 bits per heavy atom. The lowest BCUT2D eigenvalue weighted by molar-refractivity contribution is -0.116. The number of hydrogen-bond donors (Lipinski definition) is 3. The second kappa shape index (κ2) is 6.10. The van der Waals surface area contributed by atoms with Gasteiger partial charge in [-0.25, -0.2) is 15.0 Å². The molecule has 3 N–H and O–H groups in total. The lowest BCUT2D eigenvalue weighted by Gasteiger charge is -2.25. The fraction of sp³-hybridized carbons (Fsp3) is 0.333. The third-order valence-corrected chi connectivity index (χ3v) is 3.95. The van der Waals surface area contributed by atoms with Crippen LogP contribution in [-0.2, 0) is 4.79 Å². The van der Waals surface area contributed by atoms with Gasteiger partial charge in [-0.1, -0.05) is 0 Å². The lowest BCUT2D eigenvalue weighted by atomic mass is 10.4. The van der Waals surface area contributed by atoms with Crippen LogP contribution < -0.4 is 10.2 Å². The maximum atomic E-state index is 12.0.